The van der Waals surface area contributed by atoms with Crippen molar-refractivity contribution in [1.29, 1.82) is 0 Å². The zero-order valence-corrected chi connectivity index (χ0v) is 18.2. The van der Waals surface area contributed by atoms with Crippen molar-refractivity contribution in [3.8, 4) is 5.75 Å². The van der Waals surface area contributed by atoms with E-state index in [4.69, 9.17) is 14.2 Å². The molecule has 1 fully saturated rings. The van der Waals surface area contributed by atoms with E-state index in [1.54, 1.807) is 12.0 Å². The number of hydrogen-bond donors (Lipinski definition) is 0. The fourth-order valence-electron chi connectivity index (χ4n) is 4.69. The molecule has 0 radical (unpaired) electrons. The molecule has 1 saturated heterocycles. The quantitative estimate of drug-likeness (QED) is 0.697. The van der Waals surface area contributed by atoms with Crippen LogP contribution in [-0.4, -0.2) is 49.4 Å². The summed E-state index contributed by atoms with van der Waals surface area (Å²) >= 11 is 0. The van der Waals surface area contributed by atoms with Gasteiger partial charge in [0.05, 0.1) is 20.1 Å². The predicted molar refractivity (Wildman–Crippen MR) is 110 cm³/mol. The van der Waals surface area contributed by atoms with Crippen LogP contribution in [0.15, 0.2) is 18.2 Å². The van der Waals surface area contributed by atoms with Crippen molar-refractivity contribution >= 4 is 12.1 Å². The number of likely N-dealkylation sites (tertiary alicyclic amines) is 1. The van der Waals surface area contributed by atoms with Gasteiger partial charge in [-0.3, -0.25) is 4.79 Å². The number of benzene rings is 1. The summed E-state index contributed by atoms with van der Waals surface area (Å²) < 4.78 is 16.2. The smallest absolute Gasteiger partial charge is 0.410 e. The Bertz CT molecular complexity index is 759. The first-order valence-corrected chi connectivity index (χ1v) is 10.5. The lowest BCUT2D eigenvalue weighted by Gasteiger charge is -2.40. The molecule has 6 heteroatoms. The van der Waals surface area contributed by atoms with Crippen LogP contribution in [0, 0.1) is 0 Å². The van der Waals surface area contributed by atoms with Crippen molar-refractivity contribution in [2.45, 2.75) is 70.3 Å². The molecule has 1 aliphatic heterocycles. The van der Waals surface area contributed by atoms with Crippen LogP contribution in [0.3, 0.4) is 0 Å². The van der Waals surface area contributed by atoms with Crippen LogP contribution < -0.4 is 4.74 Å². The summed E-state index contributed by atoms with van der Waals surface area (Å²) in [7, 11) is 1.67. The maximum Gasteiger partial charge on any atom is 0.410 e. The Balaban J connectivity index is 1.79. The normalized spacial score (nSPS) is 20.3. The molecule has 1 aliphatic carbocycles. The predicted octanol–water partition coefficient (Wildman–Crippen LogP) is 4.40. The fraction of sp³-hybridized carbons (Fsp3) is 0.652. The lowest BCUT2D eigenvalue weighted by atomic mass is 9.73. The molecule has 1 aromatic carbocycles. The SMILES string of the molecule is CCOC(=O)CC1CC2(CCN(C(=O)OC(C)(C)C)CC2)c2cc(OC)ccc21. The standard InChI is InChI=1S/C23H33NO5/c1-6-28-20(25)13-16-15-23(19-14-17(27-5)7-8-18(16)19)9-11-24(12-10-23)21(26)29-22(2,3)4/h7-8,14,16H,6,9-13,15H2,1-5H3. The topological polar surface area (TPSA) is 65.1 Å². The maximum atomic E-state index is 12.5. The lowest BCUT2D eigenvalue weighted by molar-refractivity contribution is -0.143. The van der Waals surface area contributed by atoms with Crippen molar-refractivity contribution in [1.82, 2.24) is 4.90 Å². The molecule has 1 aromatic rings. The zero-order chi connectivity index (χ0) is 21.2. The average Bonchev–Trinajstić information content (AvgIpc) is 2.93. The number of methoxy groups -OCH3 is 1. The van der Waals surface area contributed by atoms with E-state index in [1.807, 2.05) is 33.8 Å². The Hall–Kier alpha value is -2.24. The summed E-state index contributed by atoms with van der Waals surface area (Å²) in [5, 5.41) is 0. The van der Waals surface area contributed by atoms with E-state index >= 15 is 0 Å². The fourth-order valence-corrected chi connectivity index (χ4v) is 4.69. The van der Waals surface area contributed by atoms with Crippen molar-refractivity contribution in [2.24, 2.45) is 0 Å². The van der Waals surface area contributed by atoms with Gasteiger partial charge >= 0.3 is 12.1 Å². The number of amides is 1. The molecule has 2 aliphatic rings. The Morgan fingerprint density at radius 1 is 1.21 bits per heavy atom. The number of piperidine rings is 1. The molecule has 0 bridgehead atoms. The second-order valence-corrected chi connectivity index (χ2v) is 9.11. The lowest BCUT2D eigenvalue weighted by Crippen LogP contribution is -2.46. The van der Waals surface area contributed by atoms with E-state index < -0.39 is 5.60 Å². The molecule has 1 heterocycles. The molecular weight excluding hydrogens is 370 g/mol. The van der Waals surface area contributed by atoms with Gasteiger partial charge in [0.15, 0.2) is 0 Å². The molecule has 0 N–H and O–H groups in total. The number of fused-ring (bicyclic) bond motifs is 2. The molecular formula is C23H33NO5. The van der Waals surface area contributed by atoms with Crippen molar-refractivity contribution in [3.05, 3.63) is 29.3 Å². The first kappa shape index (κ1) is 21.5. The highest BCUT2D eigenvalue weighted by molar-refractivity contribution is 5.71. The van der Waals surface area contributed by atoms with E-state index in [0.29, 0.717) is 26.1 Å². The van der Waals surface area contributed by atoms with Gasteiger partial charge in [0, 0.05) is 13.1 Å². The van der Waals surface area contributed by atoms with E-state index in [-0.39, 0.29) is 23.4 Å². The highest BCUT2D eigenvalue weighted by Gasteiger charge is 2.47. The third-order valence-electron chi connectivity index (χ3n) is 6.00. The summed E-state index contributed by atoms with van der Waals surface area (Å²) in [4.78, 5) is 26.4. The monoisotopic (exact) mass is 403 g/mol. The van der Waals surface area contributed by atoms with Crippen LogP contribution in [0.4, 0.5) is 4.79 Å². The highest BCUT2D eigenvalue weighted by Crippen LogP contribution is 2.53. The highest BCUT2D eigenvalue weighted by atomic mass is 16.6. The average molecular weight is 404 g/mol. The van der Waals surface area contributed by atoms with Gasteiger partial charge < -0.3 is 19.1 Å². The third-order valence-corrected chi connectivity index (χ3v) is 6.00. The molecule has 0 saturated carbocycles. The number of ether oxygens (including phenoxy) is 3. The van der Waals surface area contributed by atoms with Gasteiger partial charge in [-0.2, -0.15) is 0 Å². The van der Waals surface area contributed by atoms with E-state index in [9.17, 15) is 9.59 Å². The van der Waals surface area contributed by atoms with Gasteiger partial charge in [0.25, 0.3) is 0 Å². The number of hydrogen-bond acceptors (Lipinski definition) is 5. The van der Waals surface area contributed by atoms with E-state index in [0.717, 1.165) is 25.0 Å². The van der Waals surface area contributed by atoms with Gasteiger partial charge in [-0.1, -0.05) is 6.07 Å². The number of carbonyl (C=O) groups is 2. The number of rotatable bonds is 4. The van der Waals surface area contributed by atoms with Crippen LogP contribution in [-0.2, 0) is 19.7 Å². The Kier molecular flexibility index (Phi) is 6.11. The second-order valence-electron chi connectivity index (χ2n) is 9.11. The first-order chi connectivity index (χ1) is 13.7. The largest absolute Gasteiger partial charge is 0.497 e. The van der Waals surface area contributed by atoms with E-state index in [2.05, 4.69) is 12.1 Å². The second kappa shape index (κ2) is 8.25. The minimum Gasteiger partial charge on any atom is -0.497 e. The molecule has 160 valence electrons. The van der Waals surface area contributed by atoms with Crippen LogP contribution >= 0.6 is 0 Å². The summed E-state index contributed by atoms with van der Waals surface area (Å²) in [5.41, 5.74) is 1.93. The molecule has 1 amide bonds. The summed E-state index contributed by atoms with van der Waals surface area (Å²) in [5.74, 6) is 0.819. The number of nitrogens with zero attached hydrogens (tertiary/aromatic N) is 1. The Morgan fingerprint density at radius 2 is 1.90 bits per heavy atom. The van der Waals surface area contributed by atoms with Gasteiger partial charge in [0.2, 0.25) is 0 Å². The van der Waals surface area contributed by atoms with Gasteiger partial charge in [-0.25, -0.2) is 4.79 Å². The van der Waals surface area contributed by atoms with E-state index in [1.165, 1.54) is 11.1 Å². The summed E-state index contributed by atoms with van der Waals surface area (Å²) in [6.07, 6.45) is 2.75. The minimum atomic E-state index is -0.496. The molecule has 6 nitrogen and oxygen atoms in total. The molecule has 1 spiro atoms. The first-order valence-electron chi connectivity index (χ1n) is 10.5. The maximum absolute atomic E-state index is 12.5. The van der Waals surface area contributed by atoms with Crippen LogP contribution in [0.25, 0.3) is 0 Å². The minimum absolute atomic E-state index is 0.0421. The summed E-state index contributed by atoms with van der Waals surface area (Å²) in [6.45, 7) is 9.19. The van der Waals surface area contributed by atoms with Crippen LogP contribution in [0.2, 0.25) is 0 Å². The zero-order valence-electron chi connectivity index (χ0n) is 18.2. The molecule has 3 rings (SSSR count). The van der Waals surface area contributed by atoms with Crippen molar-refractivity contribution < 1.29 is 23.8 Å². The van der Waals surface area contributed by atoms with Crippen molar-refractivity contribution in [3.63, 3.8) is 0 Å². The van der Waals surface area contributed by atoms with Crippen LogP contribution in [0.1, 0.15) is 70.4 Å². The number of carbonyl (C=O) groups excluding carboxylic acids is 2. The van der Waals surface area contributed by atoms with Crippen molar-refractivity contribution in [2.75, 3.05) is 26.8 Å². The molecule has 1 atom stereocenters. The number of esters is 1. The molecule has 0 aromatic heterocycles. The van der Waals surface area contributed by atoms with Gasteiger partial charge in [-0.15, -0.1) is 0 Å². The summed E-state index contributed by atoms with van der Waals surface area (Å²) in [6, 6.07) is 6.17. The Morgan fingerprint density at radius 3 is 2.48 bits per heavy atom. The third kappa shape index (κ3) is 4.68. The van der Waals surface area contributed by atoms with Gasteiger partial charge in [0.1, 0.15) is 11.4 Å². The Labute approximate surface area is 173 Å². The molecule has 29 heavy (non-hydrogen) atoms. The molecule has 1 unspecified atom stereocenters. The van der Waals surface area contributed by atoms with Gasteiger partial charge in [-0.05, 0) is 81.5 Å². The van der Waals surface area contributed by atoms with Crippen LogP contribution in [0.5, 0.6) is 5.75 Å².